The molecule has 1 fully saturated rings. The molecule has 1 aromatic heterocycles. The van der Waals surface area contributed by atoms with E-state index in [1.54, 1.807) is 0 Å². The molecule has 1 atom stereocenters. The molecule has 186 valence electrons. The second-order valence-corrected chi connectivity index (χ2v) is 10.7. The molecule has 10 heteroatoms. The van der Waals surface area contributed by atoms with Crippen LogP contribution in [0.3, 0.4) is 0 Å². The van der Waals surface area contributed by atoms with Crippen molar-refractivity contribution in [2.75, 3.05) is 18.8 Å². The smallest absolute Gasteiger partial charge is 0.405 e. The van der Waals surface area contributed by atoms with Crippen LogP contribution in [-0.4, -0.2) is 53.9 Å². The van der Waals surface area contributed by atoms with Crippen molar-refractivity contribution in [2.24, 2.45) is 0 Å². The van der Waals surface area contributed by atoms with Crippen molar-refractivity contribution in [1.29, 1.82) is 0 Å². The molecule has 0 saturated carbocycles. The molecule has 1 aliphatic rings. The molecule has 0 aliphatic carbocycles. The number of carboxylic acid groups (broad SMARTS) is 1. The van der Waals surface area contributed by atoms with Crippen molar-refractivity contribution < 1.29 is 27.4 Å². The summed E-state index contributed by atoms with van der Waals surface area (Å²) in [6, 6.07) is 14.1. The maximum atomic E-state index is 13.6. The first-order chi connectivity index (χ1) is 16.7. The highest BCUT2D eigenvalue weighted by Gasteiger charge is 2.32. The van der Waals surface area contributed by atoms with Crippen LogP contribution in [0.25, 0.3) is 10.9 Å². The number of pyridine rings is 1. The van der Waals surface area contributed by atoms with Gasteiger partial charge < -0.3 is 15.2 Å². The summed E-state index contributed by atoms with van der Waals surface area (Å²) in [4.78, 5) is 15.8. The highest BCUT2D eigenvalue weighted by Crippen LogP contribution is 2.24. The number of piperidine rings is 1. The van der Waals surface area contributed by atoms with Crippen molar-refractivity contribution in [3.05, 3.63) is 77.2 Å². The molecule has 1 aliphatic heterocycles. The Morgan fingerprint density at radius 3 is 2.66 bits per heavy atom. The molecule has 8 nitrogen and oxygen atoms in total. The molecular formula is C25H28FN3O5S. The fourth-order valence-corrected chi connectivity index (χ4v) is 6.08. The first kappa shape index (κ1) is 25.0. The van der Waals surface area contributed by atoms with E-state index in [9.17, 15) is 17.6 Å². The van der Waals surface area contributed by atoms with Crippen LogP contribution in [0.2, 0.25) is 0 Å². The third kappa shape index (κ3) is 6.33. The van der Waals surface area contributed by atoms with Crippen LogP contribution in [0, 0.1) is 12.7 Å². The summed E-state index contributed by atoms with van der Waals surface area (Å²) < 4.78 is 47.2. The normalized spacial score (nSPS) is 16.3. The molecule has 35 heavy (non-hydrogen) atoms. The van der Waals surface area contributed by atoms with Crippen molar-refractivity contribution >= 4 is 27.0 Å². The van der Waals surface area contributed by atoms with Crippen LogP contribution in [0.15, 0.2) is 54.6 Å². The predicted molar refractivity (Wildman–Crippen MR) is 130 cm³/mol. The monoisotopic (exact) mass is 501 g/mol. The fraction of sp³-hybridized carbons (Fsp3) is 0.360. The zero-order valence-electron chi connectivity index (χ0n) is 19.4. The molecule has 1 amide bonds. The summed E-state index contributed by atoms with van der Waals surface area (Å²) in [6.07, 6.45) is -0.415. The molecule has 0 bridgehead atoms. The number of aryl methyl sites for hydroxylation is 1. The number of benzene rings is 2. The third-order valence-electron chi connectivity index (χ3n) is 6.12. The number of nitrogens with zero attached hydrogens (tertiary/aromatic N) is 2. The number of ether oxygens (including phenoxy) is 1. The lowest BCUT2D eigenvalue weighted by Crippen LogP contribution is -2.44. The summed E-state index contributed by atoms with van der Waals surface area (Å²) in [5.41, 5.74) is 3.12. The van der Waals surface area contributed by atoms with Gasteiger partial charge in [0.25, 0.3) is 0 Å². The second kappa shape index (κ2) is 10.7. The lowest BCUT2D eigenvalue weighted by molar-refractivity contribution is 0.0107. The van der Waals surface area contributed by atoms with E-state index in [2.05, 4.69) is 10.3 Å². The van der Waals surface area contributed by atoms with Gasteiger partial charge in [0.05, 0.1) is 30.0 Å². The van der Waals surface area contributed by atoms with Crippen LogP contribution in [-0.2, 0) is 21.4 Å². The van der Waals surface area contributed by atoms with Crippen LogP contribution in [0.1, 0.15) is 35.7 Å². The van der Waals surface area contributed by atoms with E-state index < -0.39 is 33.7 Å². The van der Waals surface area contributed by atoms with Crippen molar-refractivity contribution in [2.45, 2.75) is 38.5 Å². The zero-order chi connectivity index (χ0) is 25.0. The molecule has 4 rings (SSSR count). The Hall–Kier alpha value is -3.08. The van der Waals surface area contributed by atoms with Crippen molar-refractivity contribution in [3.8, 4) is 0 Å². The molecule has 0 radical (unpaired) electrons. The van der Waals surface area contributed by atoms with Gasteiger partial charge in [-0.1, -0.05) is 30.3 Å². The lowest BCUT2D eigenvalue weighted by Gasteiger charge is -2.32. The van der Waals surface area contributed by atoms with Gasteiger partial charge in [0.1, 0.15) is 5.82 Å². The van der Waals surface area contributed by atoms with Gasteiger partial charge in [0.15, 0.2) is 0 Å². The predicted octanol–water partition coefficient (Wildman–Crippen LogP) is 4.00. The van der Waals surface area contributed by atoms with Gasteiger partial charge in [-0.15, -0.1) is 0 Å². The lowest BCUT2D eigenvalue weighted by atomic mass is 10.1. The molecule has 2 aromatic carbocycles. The SMILES string of the molecule is Cc1cc(COC2CCN(S(=O)(=O)CC(NC(=O)O)c3cccc(F)c3)CC2)c2ccccc2n1. The topological polar surface area (TPSA) is 109 Å². The average Bonchev–Trinajstić information content (AvgIpc) is 2.82. The van der Waals surface area contributed by atoms with E-state index in [1.807, 2.05) is 37.3 Å². The molecule has 3 aromatic rings. The summed E-state index contributed by atoms with van der Waals surface area (Å²) >= 11 is 0. The number of sulfonamides is 1. The number of carbonyl (C=O) groups is 1. The van der Waals surface area contributed by atoms with Gasteiger partial charge in [0, 0.05) is 24.2 Å². The first-order valence-electron chi connectivity index (χ1n) is 11.4. The number of hydrogen-bond acceptors (Lipinski definition) is 5. The number of para-hydroxylation sites is 1. The Morgan fingerprint density at radius 1 is 1.20 bits per heavy atom. The summed E-state index contributed by atoms with van der Waals surface area (Å²) in [5.74, 6) is -1.05. The summed E-state index contributed by atoms with van der Waals surface area (Å²) in [6.45, 7) is 2.89. The second-order valence-electron chi connectivity index (χ2n) is 8.68. The minimum atomic E-state index is -3.79. The van der Waals surface area contributed by atoms with Gasteiger partial charge in [-0.05, 0) is 55.2 Å². The van der Waals surface area contributed by atoms with E-state index in [-0.39, 0.29) is 24.8 Å². The maximum Gasteiger partial charge on any atom is 0.405 e. The van der Waals surface area contributed by atoms with Gasteiger partial charge in [-0.25, -0.2) is 21.9 Å². The van der Waals surface area contributed by atoms with E-state index in [1.165, 1.54) is 22.5 Å². The number of amides is 1. The minimum Gasteiger partial charge on any atom is -0.465 e. The van der Waals surface area contributed by atoms with E-state index in [0.717, 1.165) is 28.2 Å². The molecule has 1 saturated heterocycles. The fourth-order valence-electron chi connectivity index (χ4n) is 4.41. The Kier molecular flexibility index (Phi) is 7.63. The number of fused-ring (bicyclic) bond motifs is 1. The van der Waals surface area contributed by atoms with Crippen LogP contribution in [0.4, 0.5) is 9.18 Å². The average molecular weight is 502 g/mol. The zero-order valence-corrected chi connectivity index (χ0v) is 20.2. The van der Waals surface area contributed by atoms with Gasteiger partial charge in [0.2, 0.25) is 10.0 Å². The van der Waals surface area contributed by atoms with Crippen molar-refractivity contribution in [3.63, 3.8) is 0 Å². The quantitative estimate of drug-likeness (QED) is 0.483. The van der Waals surface area contributed by atoms with Crippen LogP contribution in [0.5, 0.6) is 0 Å². The van der Waals surface area contributed by atoms with Gasteiger partial charge in [-0.3, -0.25) is 4.98 Å². The molecule has 2 N–H and O–H groups in total. The number of aromatic nitrogens is 1. The third-order valence-corrected chi connectivity index (χ3v) is 8.03. The Balaban J connectivity index is 1.37. The molecular weight excluding hydrogens is 473 g/mol. The Labute approximate surface area is 203 Å². The highest BCUT2D eigenvalue weighted by atomic mass is 32.2. The summed E-state index contributed by atoms with van der Waals surface area (Å²) in [5, 5.41) is 12.4. The minimum absolute atomic E-state index is 0.0927. The van der Waals surface area contributed by atoms with Crippen molar-refractivity contribution in [1.82, 2.24) is 14.6 Å². The number of rotatable bonds is 8. The van der Waals surface area contributed by atoms with E-state index in [0.29, 0.717) is 19.4 Å². The highest BCUT2D eigenvalue weighted by molar-refractivity contribution is 7.89. The molecule has 0 spiro atoms. The van der Waals surface area contributed by atoms with E-state index in [4.69, 9.17) is 9.84 Å². The van der Waals surface area contributed by atoms with Crippen LogP contribution < -0.4 is 5.32 Å². The summed E-state index contributed by atoms with van der Waals surface area (Å²) in [7, 11) is -3.79. The van der Waals surface area contributed by atoms with Gasteiger partial charge >= 0.3 is 6.09 Å². The maximum absolute atomic E-state index is 13.6. The Morgan fingerprint density at radius 2 is 1.94 bits per heavy atom. The number of nitrogens with one attached hydrogen (secondary N) is 1. The molecule has 1 unspecified atom stereocenters. The Bertz CT molecular complexity index is 1310. The number of halogens is 1. The van der Waals surface area contributed by atoms with Gasteiger partial charge in [-0.2, -0.15) is 0 Å². The standard InChI is InChI=1S/C25H28FN3O5S/c1-17-13-19(22-7-2-3-8-23(22)27-17)15-34-21-9-11-29(12-10-21)35(32,33)16-24(28-25(30)31)18-5-4-6-20(26)14-18/h2-8,13-14,21,24,28H,9-12,15-16H2,1H3,(H,30,31). The largest absolute Gasteiger partial charge is 0.465 e. The van der Waals surface area contributed by atoms with Crippen LogP contribution >= 0.6 is 0 Å². The first-order valence-corrected chi connectivity index (χ1v) is 13.0. The molecule has 2 heterocycles. The number of hydrogen-bond donors (Lipinski definition) is 2. The van der Waals surface area contributed by atoms with E-state index >= 15 is 0 Å².